The van der Waals surface area contributed by atoms with Crippen molar-refractivity contribution < 1.29 is 6.17 Å². The molecule has 0 saturated carbocycles. The molecule has 1 heteroatoms. The van der Waals surface area contributed by atoms with Gasteiger partial charge in [-0.15, -0.1) is 0 Å². The number of rotatable bonds is 1. The van der Waals surface area contributed by atoms with Gasteiger partial charge in [0, 0.05) is 6.93 Å². The Morgan fingerprint density at radius 1 is 1.15 bits per heavy atom. The maximum Gasteiger partial charge on any atom is 0.150 e. The fourth-order valence-electron chi connectivity index (χ4n) is 1.50. The van der Waals surface area contributed by atoms with Crippen molar-refractivity contribution in [3.8, 4) is 0 Å². The number of benzene rings is 2. The molecule has 2 aromatic carbocycles. The molecular formula is C12H10O. The molecule has 0 N–H and O–H groups in total. The van der Waals surface area contributed by atoms with Gasteiger partial charge in [-0.25, -0.2) is 0 Å². The lowest BCUT2D eigenvalue weighted by molar-refractivity contribution is 0.112. The molecule has 0 spiro atoms. The molecule has 0 aliphatic rings. The van der Waals surface area contributed by atoms with Gasteiger partial charge in [-0.05, 0) is 23.2 Å². The van der Waals surface area contributed by atoms with E-state index in [0.29, 0.717) is 5.56 Å². The molecule has 2 aromatic rings. The highest BCUT2D eigenvalue weighted by atomic mass is 16.1. The molecule has 0 aliphatic carbocycles. The predicted molar refractivity (Wildman–Crippen MR) is 54.1 cm³/mol. The van der Waals surface area contributed by atoms with Gasteiger partial charge in [-0.1, -0.05) is 36.4 Å². The monoisotopic (exact) mass is 171 g/mol. The molecule has 64 valence electrons. The largest absolute Gasteiger partial charge is 0.298 e. The second kappa shape index (κ2) is 3.02. The molecule has 0 aliphatic heterocycles. The SMILES string of the molecule is [2H]Cc1cccc2c(C=O)cccc12. The highest BCUT2D eigenvalue weighted by Gasteiger charge is 1.99. The van der Waals surface area contributed by atoms with E-state index in [2.05, 4.69) is 0 Å². The number of hydrogen-bond donors (Lipinski definition) is 0. The molecule has 0 amide bonds. The van der Waals surface area contributed by atoms with E-state index in [9.17, 15) is 4.79 Å². The van der Waals surface area contributed by atoms with Gasteiger partial charge < -0.3 is 0 Å². The number of aryl methyl sites for hydroxylation is 1. The first kappa shape index (κ1) is 6.84. The first-order valence-corrected chi connectivity index (χ1v) is 4.12. The highest BCUT2D eigenvalue weighted by molar-refractivity contribution is 5.99. The molecule has 0 heterocycles. The Labute approximate surface area is 78.4 Å². The molecule has 0 radical (unpaired) electrons. The number of fused-ring (bicyclic) bond motifs is 1. The van der Waals surface area contributed by atoms with Gasteiger partial charge in [0.05, 0.1) is 0 Å². The van der Waals surface area contributed by atoms with Gasteiger partial charge in [0.25, 0.3) is 0 Å². The lowest BCUT2D eigenvalue weighted by Crippen LogP contribution is -1.84. The van der Waals surface area contributed by atoms with Gasteiger partial charge in [0.15, 0.2) is 6.29 Å². The van der Waals surface area contributed by atoms with E-state index in [0.717, 1.165) is 22.6 Å². The quantitative estimate of drug-likeness (QED) is 0.603. The van der Waals surface area contributed by atoms with Crippen LogP contribution in [0.1, 0.15) is 17.3 Å². The molecule has 13 heavy (non-hydrogen) atoms. The third-order valence-corrected chi connectivity index (χ3v) is 2.17. The third kappa shape index (κ3) is 1.22. The summed E-state index contributed by atoms with van der Waals surface area (Å²) in [7, 11) is 0. The summed E-state index contributed by atoms with van der Waals surface area (Å²) >= 11 is 0. The molecule has 2 rings (SSSR count). The summed E-state index contributed by atoms with van der Waals surface area (Å²) < 4.78 is 7.36. The first-order chi connectivity index (χ1) is 6.86. The van der Waals surface area contributed by atoms with Crippen LogP contribution < -0.4 is 0 Å². The average Bonchev–Trinajstić information content (AvgIpc) is 2.27. The molecule has 0 fully saturated rings. The van der Waals surface area contributed by atoms with Crippen molar-refractivity contribution in [1.29, 1.82) is 0 Å². The summed E-state index contributed by atoms with van der Waals surface area (Å²) in [6.07, 6.45) is 0.857. The van der Waals surface area contributed by atoms with Crippen LogP contribution in [0, 0.1) is 6.90 Å². The Bertz CT molecular complexity index is 477. The minimum Gasteiger partial charge on any atom is -0.298 e. The van der Waals surface area contributed by atoms with Crippen LogP contribution in [0.2, 0.25) is 0 Å². The van der Waals surface area contributed by atoms with Crippen molar-refractivity contribution in [1.82, 2.24) is 0 Å². The molecule has 0 aromatic heterocycles. The lowest BCUT2D eigenvalue weighted by atomic mass is 10.0. The molecular weight excluding hydrogens is 160 g/mol. The zero-order chi connectivity index (χ0) is 9.97. The zero-order valence-corrected chi connectivity index (χ0v) is 7.16. The van der Waals surface area contributed by atoms with Gasteiger partial charge in [0.2, 0.25) is 0 Å². The van der Waals surface area contributed by atoms with E-state index in [1.54, 1.807) is 6.07 Å². The summed E-state index contributed by atoms with van der Waals surface area (Å²) in [5, 5.41) is 1.94. The Balaban J connectivity index is 2.84. The van der Waals surface area contributed by atoms with Crippen molar-refractivity contribution in [3.63, 3.8) is 0 Å². The molecule has 0 unspecified atom stereocenters. The average molecular weight is 171 g/mol. The Morgan fingerprint density at radius 3 is 2.69 bits per heavy atom. The predicted octanol–water partition coefficient (Wildman–Crippen LogP) is 2.96. The third-order valence-electron chi connectivity index (χ3n) is 2.17. The van der Waals surface area contributed by atoms with Crippen molar-refractivity contribution in [2.24, 2.45) is 0 Å². The van der Waals surface area contributed by atoms with Crippen LogP contribution in [-0.4, -0.2) is 6.29 Å². The van der Waals surface area contributed by atoms with Crippen LogP contribution in [0.25, 0.3) is 10.8 Å². The summed E-state index contributed by atoms with van der Waals surface area (Å²) in [4.78, 5) is 10.8. The molecule has 0 atom stereocenters. The van der Waals surface area contributed by atoms with Gasteiger partial charge >= 0.3 is 0 Å². The molecule has 0 bridgehead atoms. The van der Waals surface area contributed by atoms with Crippen molar-refractivity contribution in [2.75, 3.05) is 0 Å². The van der Waals surface area contributed by atoms with Crippen LogP contribution in [-0.2, 0) is 0 Å². The Hall–Kier alpha value is -1.63. The minimum atomic E-state index is 0.250. The van der Waals surface area contributed by atoms with E-state index in [1.807, 2.05) is 30.3 Å². The first-order valence-electron chi connectivity index (χ1n) is 4.82. The van der Waals surface area contributed by atoms with E-state index < -0.39 is 0 Å². The lowest BCUT2D eigenvalue weighted by Gasteiger charge is -2.02. The van der Waals surface area contributed by atoms with E-state index >= 15 is 0 Å². The Kier molecular flexibility index (Phi) is 1.59. The summed E-state index contributed by atoms with van der Waals surface area (Å²) in [5.41, 5.74) is 1.66. The Morgan fingerprint density at radius 2 is 1.92 bits per heavy atom. The maximum atomic E-state index is 10.8. The zero-order valence-electron chi connectivity index (χ0n) is 8.16. The number of carbonyl (C=O) groups is 1. The number of hydrogen-bond acceptors (Lipinski definition) is 1. The van der Waals surface area contributed by atoms with Gasteiger partial charge in [-0.3, -0.25) is 4.79 Å². The van der Waals surface area contributed by atoms with E-state index in [-0.39, 0.29) is 6.90 Å². The smallest absolute Gasteiger partial charge is 0.150 e. The topological polar surface area (TPSA) is 17.1 Å². The fourth-order valence-corrected chi connectivity index (χ4v) is 1.50. The van der Waals surface area contributed by atoms with E-state index in [1.165, 1.54) is 0 Å². The van der Waals surface area contributed by atoms with Crippen molar-refractivity contribution in [3.05, 3.63) is 47.5 Å². The van der Waals surface area contributed by atoms with Crippen LogP contribution in [0.15, 0.2) is 36.4 Å². The van der Waals surface area contributed by atoms with Gasteiger partial charge in [-0.2, -0.15) is 0 Å². The fraction of sp³-hybridized carbons (Fsp3) is 0.0833. The number of carbonyl (C=O) groups excluding carboxylic acids is 1. The summed E-state index contributed by atoms with van der Waals surface area (Å²) in [6.45, 7) is 0.250. The molecule has 1 nitrogen and oxygen atoms in total. The summed E-state index contributed by atoms with van der Waals surface area (Å²) in [6, 6.07) is 11.3. The van der Waals surface area contributed by atoms with Crippen molar-refractivity contribution >= 4 is 17.1 Å². The van der Waals surface area contributed by atoms with Crippen LogP contribution in [0.4, 0.5) is 0 Å². The molecule has 0 saturated heterocycles. The second-order valence-electron chi connectivity index (χ2n) is 2.98. The van der Waals surface area contributed by atoms with Crippen LogP contribution in [0.3, 0.4) is 0 Å². The maximum absolute atomic E-state index is 10.8. The minimum absolute atomic E-state index is 0.250. The van der Waals surface area contributed by atoms with Crippen molar-refractivity contribution in [2.45, 2.75) is 6.90 Å². The standard InChI is InChI=1S/C12H10O/c1-9-4-2-7-12-10(8-13)5-3-6-11(9)12/h2-8H,1H3/i1D. The van der Waals surface area contributed by atoms with Crippen LogP contribution in [0.5, 0.6) is 0 Å². The summed E-state index contributed by atoms with van der Waals surface area (Å²) in [5.74, 6) is 0. The van der Waals surface area contributed by atoms with E-state index in [4.69, 9.17) is 1.37 Å². The number of aldehydes is 1. The second-order valence-corrected chi connectivity index (χ2v) is 2.98. The highest BCUT2D eigenvalue weighted by Crippen LogP contribution is 2.20. The normalized spacial score (nSPS) is 11.2. The van der Waals surface area contributed by atoms with Crippen LogP contribution >= 0.6 is 0 Å². The van der Waals surface area contributed by atoms with Gasteiger partial charge in [0.1, 0.15) is 0 Å².